The standard InChI is InChI=1S/C14H23N3OS/c1-14(2,17-7-5-15-6-8-17)13(18)16(3)10-12-4-9-19-11-12/h4,9,11,15H,5-8,10H2,1-3H3. The van der Waals surface area contributed by atoms with Crippen LogP contribution in [0.5, 0.6) is 0 Å². The normalized spacial score (nSPS) is 17.4. The summed E-state index contributed by atoms with van der Waals surface area (Å²) in [6.07, 6.45) is 0. The van der Waals surface area contributed by atoms with E-state index in [1.807, 2.05) is 25.8 Å². The average molecular weight is 281 g/mol. The number of carbonyl (C=O) groups excluding carboxylic acids is 1. The van der Waals surface area contributed by atoms with E-state index in [2.05, 4.69) is 27.0 Å². The topological polar surface area (TPSA) is 35.6 Å². The van der Waals surface area contributed by atoms with Crippen molar-refractivity contribution >= 4 is 17.2 Å². The summed E-state index contributed by atoms with van der Waals surface area (Å²) in [5.74, 6) is 0.195. The molecule has 0 aromatic carbocycles. The number of carbonyl (C=O) groups is 1. The van der Waals surface area contributed by atoms with Crippen LogP contribution in [0.25, 0.3) is 0 Å². The second kappa shape index (κ2) is 6.03. The Morgan fingerprint density at radius 2 is 2.16 bits per heavy atom. The van der Waals surface area contributed by atoms with E-state index in [9.17, 15) is 4.79 Å². The maximum absolute atomic E-state index is 12.7. The number of hydrogen-bond acceptors (Lipinski definition) is 4. The van der Waals surface area contributed by atoms with E-state index in [0.717, 1.165) is 26.2 Å². The van der Waals surface area contributed by atoms with Crippen molar-refractivity contribution in [3.05, 3.63) is 22.4 Å². The van der Waals surface area contributed by atoms with Gasteiger partial charge in [-0.25, -0.2) is 0 Å². The molecule has 0 unspecified atom stereocenters. The molecule has 1 aromatic rings. The van der Waals surface area contributed by atoms with Crippen LogP contribution in [-0.4, -0.2) is 54.5 Å². The van der Waals surface area contributed by atoms with Crippen molar-refractivity contribution in [1.82, 2.24) is 15.1 Å². The van der Waals surface area contributed by atoms with E-state index < -0.39 is 5.54 Å². The Kier molecular flexibility index (Phi) is 4.60. The number of thiophene rings is 1. The molecule has 0 spiro atoms. The molecule has 0 bridgehead atoms. The highest BCUT2D eigenvalue weighted by atomic mass is 32.1. The SMILES string of the molecule is CN(Cc1ccsc1)C(=O)C(C)(C)N1CCNCC1. The Hall–Kier alpha value is -0.910. The summed E-state index contributed by atoms with van der Waals surface area (Å²) in [7, 11) is 1.89. The van der Waals surface area contributed by atoms with Gasteiger partial charge in [0.2, 0.25) is 5.91 Å². The molecular formula is C14H23N3OS. The molecule has 5 heteroatoms. The van der Waals surface area contributed by atoms with Crippen molar-refractivity contribution < 1.29 is 4.79 Å². The number of piperazine rings is 1. The number of nitrogens with zero attached hydrogens (tertiary/aromatic N) is 2. The third-order valence-electron chi connectivity index (χ3n) is 3.78. The number of nitrogens with one attached hydrogen (secondary N) is 1. The van der Waals surface area contributed by atoms with Crippen LogP contribution in [0.2, 0.25) is 0 Å². The molecule has 1 aliphatic heterocycles. The Bertz CT molecular complexity index is 410. The van der Waals surface area contributed by atoms with Crippen molar-refractivity contribution in [2.24, 2.45) is 0 Å². The maximum atomic E-state index is 12.7. The Morgan fingerprint density at radius 3 is 2.74 bits per heavy atom. The van der Waals surface area contributed by atoms with E-state index >= 15 is 0 Å². The number of rotatable bonds is 4. The smallest absolute Gasteiger partial charge is 0.242 e. The fourth-order valence-corrected chi connectivity index (χ4v) is 3.21. The van der Waals surface area contributed by atoms with E-state index in [4.69, 9.17) is 0 Å². The van der Waals surface area contributed by atoms with Gasteiger partial charge in [0, 0.05) is 39.8 Å². The van der Waals surface area contributed by atoms with Crippen molar-refractivity contribution in [2.45, 2.75) is 25.9 Å². The molecule has 2 rings (SSSR count). The van der Waals surface area contributed by atoms with Crippen LogP contribution in [0.4, 0.5) is 0 Å². The van der Waals surface area contributed by atoms with Crippen molar-refractivity contribution in [3.8, 4) is 0 Å². The Morgan fingerprint density at radius 1 is 1.47 bits per heavy atom. The molecule has 1 amide bonds. The minimum absolute atomic E-state index is 0.195. The van der Waals surface area contributed by atoms with Gasteiger partial charge in [-0.3, -0.25) is 9.69 Å². The molecule has 0 aliphatic carbocycles. The lowest BCUT2D eigenvalue weighted by Gasteiger charge is -2.41. The fraction of sp³-hybridized carbons (Fsp3) is 0.643. The van der Waals surface area contributed by atoms with Crippen LogP contribution in [0.3, 0.4) is 0 Å². The molecule has 0 radical (unpaired) electrons. The molecule has 1 saturated heterocycles. The van der Waals surface area contributed by atoms with Crippen LogP contribution in [0, 0.1) is 0 Å². The molecule has 0 saturated carbocycles. The first-order valence-electron chi connectivity index (χ1n) is 6.74. The van der Waals surface area contributed by atoms with Gasteiger partial charge >= 0.3 is 0 Å². The summed E-state index contributed by atoms with van der Waals surface area (Å²) in [5, 5.41) is 7.48. The summed E-state index contributed by atoms with van der Waals surface area (Å²) in [6.45, 7) is 8.55. The zero-order chi connectivity index (χ0) is 13.9. The zero-order valence-corrected chi connectivity index (χ0v) is 12.8. The molecule has 106 valence electrons. The van der Waals surface area contributed by atoms with Gasteiger partial charge < -0.3 is 10.2 Å². The van der Waals surface area contributed by atoms with Gasteiger partial charge in [-0.1, -0.05) is 0 Å². The quantitative estimate of drug-likeness (QED) is 0.906. The van der Waals surface area contributed by atoms with Gasteiger partial charge in [-0.15, -0.1) is 0 Å². The largest absolute Gasteiger partial charge is 0.340 e. The van der Waals surface area contributed by atoms with E-state index in [1.165, 1.54) is 5.56 Å². The first-order chi connectivity index (χ1) is 9.01. The molecule has 1 aliphatic rings. The highest BCUT2D eigenvalue weighted by Gasteiger charge is 2.36. The van der Waals surface area contributed by atoms with Gasteiger partial charge in [0.1, 0.15) is 0 Å². The molecule has 1 fully saturated rings. The van der Waals surface area contributed by atoms with Crippen LogP contribution < -0.4 is 5.32 Å². The molecule has 1 N–H and O–H groups in total. The maximum Gasteiger partial charge on any atom is 0.242 e. The van der Waals surface area contributed by atoms with Gasteiger partial charge in [-0.05, 0) is 36.2 Å². The van der Waals surface area contributed by atoms with E-state index in [-0.39, 0.29) is 5.91 Å². The summed E-state index contributed by atoms with van der Waals surface area (Å²) < 4.78 is 0. The van der Waals surface area contributed by atoms with Gasteiger partial charge in [0.25, 0.3) is 0 Å². The third kappa shape index (κ3) is 3.35. The molecule has 2 heterocycles. The second-order valence-corrected chi connectivity index (χ2v) is 6.37. The predicted octanol–water partition coefficient (Wildman–Crippen LogP) is 1.39. The first kappa shape index (κ1) is 14.5. The highest BCUT2D eigenvalue weighted by molar-refractivity contribution is 7.07. The van der Waals surface area contributed by atoms with Crippen LogP contribution in [0.1, 0.15) is 19.4 Å². The highest BCUT2D eigenvalue weighted by Crippen LogP contribution is 2.19. The molecule has 1 aromatic heterocycles. The van der Waals surface area contributed by atoms with Crippen LogP contribution in [0.15, 0.2) is 16.8 Å². The Balaban J connectivity index is 2.00. The minimum Gasteiger partial charge on any atom is -0.340 e. The number of hydrogen-bond donors (Lipinski definition) is 1. The summed E-state index contributed by atoms with van der Waals surface area (Å²) >= 11 is 1.67. The van der Waals surface area contributed by atoms with Crippen molar-refractivity contribution in [3.63, 3.8) is 0 Å². The molecular weight excluding hydrogens is 258 g/mol. The second-order valence-electron chi connectivity index (χ2n) is 5.59. The van der Waals surface area contributed by atoms with Crippen LogP contribution in [-0.2, 0) is 11.3 Å². The zero-order valence-electron chi connectivity index (χ0n) is 12.0. The average Bonchev–Trinajstić information content (AvgIpc) is 2.91. The van der Waals surface area contributed by atoms with Gasteiger partial charge in [0.15, 0.2) is 0 Å². The van der Waals surface area contributed by atoms with E-state index in [0.29, 0.717) is 6.54 Å². The first-order valence-corrected chi connectivity index (χ1v) is 7.68. The van der Waals surface area contributed by atoms with Crippen LogP contribution >= 0.6 is 11.3 Å². The summed E-state index contributed by atoms with van der Waals surface area (Å²) in [4.78, 5) is 16.8. The summed E-state index contributed by atoms with van der Waals surface area (Å²) in [5.41, 5.74) is 0.782. The van der Waals surface area contributed by atoms with Gasteiger partial charge in [-0.2, -0.15) is 11.3 Å². The molecule has 0 atom stereocenters. The monoisotopic (exact) mass is 281 g/mol. The predicted molar refractivity (Wildman–Crippen MR) is 79.3 cm³/mol. The molecule has 19 heavy (non-hydrogen) atoms. The third-order valence-corrected chi connectivity index (χ3v) is 4.51. The number of likely N-dealkylation sites (N-methyl/N-ethyl adjacent to an activating group) is 1. The lowest BCUT2D eigenvalue weighted by atomic mass is 9.99. The number of amides is 1. The minimum atomic E-state index is -0.424. The van der Waals surface area contributed by atoms with Crippen molar-refractivity contribution in [1.29, 1.82) is 0 Å². The lowest BCUT2D eigenvalue weighted by molar-refractivity contribution is -0.142. The lowest BCUT2D eigenvalue weighted by Crippen LogP contribution is -2.60. The van der Waals surface area contributed by atoms with Gasteiger partial charge in [0.05, 0.1) is 5.54 Å². The molecule has 4 nitrogen and oxygen atoms in total. The van der Waals surface area contributed by atoms with E-state index in [1.54, 1.807) is 11.3 Å². The van der Waals surface area contributed by atoms with Crippen molar-refractivity contribution in [2.75, 3.05) is 33.2 Å². The Labute approximate surface area is 119 Å². The summed E-state index contributed by atoms with van der Waals surface area (Å²) in [6, 6.07) is 2.08. The fourth-order valence-electron chi connectivity index (χ4n) is 2.55.